The Balaban J connectivity index is 1.87. The van der Waals surface area contributed by atoms with Gasteiger partial charge in [-0.3, -0.25) is 0 Å². The molecule has 0 amide bonds. The van der Waals surface area contributed by atoms with Crippen molar-refractivity contribution in [2.75, 3.05) is 13.2 Å². The van der Waals surface area contributed by atoms with Gasteiger partial charge in [-0.15, -0.1) is 0 Å². The lowest BCUT2D eigenvalue weighted by atomic mass is 9.80. The molecule has 0 bridgehead atoms. The van der Waals surface area contributed by atoms with Crippen molar-refractivity contribution in [1.29, 1.82) is 0 Å². The number of nitrogens with one attached hydrogen (secondary N) is 1. The Morgan fingerprint density at radius 3 is 2.19 bits per heavy atom. The highest BCUT2D eigenvalue weighted by Crippen LogP contribution is 2.40. The van der Waals surface area contributed by atoms with E-state index in [-0.39, 0.29) is 6.61 Å². The highest BCUT2D eigenvalue weighted by atomic mass is 35.5. The number of dihydropyridines is 1. The van der Waals surface area contributed by atoms with Gasteiger partial charge in [0.05, 0.1) is 23.7 Å². The van der Waals surface area contributed by atoms with Crippen LogP contribution in [0.1, 0.15) is 30.9 Å². The van der Waals surface area contributed by atoms with E-state index in [4.69, 9.17) is 21.1 Å². The zero-order valence-corrected chi connectivity index (χ0v) is 23.3. The van der Waals surface area contributed by atoms with E-state index in [1.807, 2.05) is 62.4 Å². The monoisotopic (exact) mass is 523 g/mol. The number of carbonyl (C=O) groups is 2. The topological polar surface area (TPSA) is 64.6 Å². The zero-order valence-electron chi connectivity index (χ0n) is 21.6. The molecule has 0 aromatic heterocycles. The molecule has 2 aromatic rings. The lowest BCUT2D eigenvalue weighted by Gasteiger charge is -2.30. The molecular formula is C29H34ClNO4Si. The van der Waals surface area contributed by atoms with Gasteiger partial charge >= 0.3 is 11.9 Å². The number of allylic oxidation sites excluding steroid dienone is 2. The largest absolute Gasteiger partial charge is 0.463 e. The van der Waals surface area contributed by atoms with Crippen LogP contribution in [0, 0.1) is 0 Å². The van der Waals surface area contributed by atoms with Crippen LogP contribution in [0.3, 0.4) is 0 Å². The summed E-state index contributed by atoms with van der Waals surface area (Å²) >= 11 is 6.30. The second-order valence-corrected chi connectivity index (χ2v) is 16.1. The first-order valence-electron chi connectivity index (χ1n) is 12.1. The summed E-state index contributed by atoms with van der Waals surface area (Å²) in [6.45, 7) is 10.8. The summed E-state index contributed by atoms with van der Waals surface area (Å²) in [6, 6.07) is 17.8. The fourth-order valence-electron chi connectivity index (χ4n) is 4.03. The number of benzene rings is 2. The van der Waals surface area contributed by atoms with Crippen molar-refractivity contribution in [1.82, 2.24) is 5.32 Å². The lowest BCUT2D eigenvalue weighted by Crippen LogP contribution is -2.33. The van der Waals surface area contributed by atoms with Crippen molar-refractivity contribution in [2.45, 2.75) is 45.5 Å². The van der Waals surface area contributed by atoms with Crippen molar-refractivity contribution in [2.24, 2.45) is 0 Å². The van der Waals surface area contributed by atoms with Crippen molar-refractivity contribution < 1.29 is 19.1 Å². The maximum absolute atomic E-state index is 13.4. The SMILES string of the molecule is CC1=C(C(=O)OC/C=C/c2ccccc2)C(c2cccc(Cl)c2)C(C(=O)OCC[Si](C)(C)C)=C(C)N1. The van der Waals surface area contributed by atoms with E-state index in [1.165, 1.54) is 0 Å². The quantitative estimate of drug-likeness (QED) is 0.292. The fourth-order valence-corrected chi connectivity index (χ4v) is 4.95. The molecule has 0 radical (unpaired) electrons. The molecule has 0 saturated carbocycles. The molecule has 2 aromatic carbocycles. The summed E-state index contributed by atoms with van der Waals surface area (Å²) < 4.78 is 11.3. The van der Waals surface area contributed by atoms with Gasteiger partial charge in [0.1, 0.15) is 6.61 Å². The molecule has 0 saturated heterocycles. The fraction of sp³-hybridized carbons (Fsp3) is 0.310. The Morgan fingerprint density at radius 1 is 0.944 bits per heavy atom. The molecule has 1 N–H and O–H groups in total. The molecular weight excluding hydrogens is 490 g/mol. The third-order valence-corrected chi connectivity index (χ3v) is 7.83. The highest BCUT2D eigenvalue weighted by molar-refractivity contribution is 6.76. The summed E-state index contributed by atoms with van der Waals surface area (Å²) in [5, 5.41) is 3.71. The number of halogens is 1. The highest BCUT2D eigenvalue weighted by Gasteiger charge is 2.38. The van der Waals surface area contributed by atoms with E-state index in [0.29, 0.717) is 34.2 Å². The molecule has 5 nitrogen and oxygen atoms in total. The van der Waals surface area contributed by atoms with Crippen LogP contribution in [-0.4, -0.2) is 33.2 Å². The summed E-state index contributed by atoms with van der Waals surface area (Å²) in [5.41, 5.74) is 3.79. The summed E-state index contributed by atoms with van der Waals surface area (Å²) in [7, 11) is -1.38. The Morgan fingerprint density at radius 2 is 1.58 bits per heavy atom. The standard InChI is InChI=1S/C29H34ClNO4Si/c1-20-25(28(32)34-16-10-13-22-11-7-6-8-12-22)27(23-14-9-15-24(30)19-23)26(21(2)31-20)29(33)35-17-18-36(3,4)5/h6-15,19,27,31H,16-18H2,1-5H3/b13-10+. The number of esters is 2. The van der Waals surface area contributed by atoms with Crippen LogP contribution in [0.15, 0.2) is 83.2 Å². The van der Waals surface area contributed by atoms with Gasteiger partial charge in [-0.25, -0.2) is 9.59 Å². The first-order chi connectivity index (χ1) is 17.1. The number of ether oxygens (including phenoxy) is 2. The number of hydrogen-bond donors (Lipinski definition) is 1. The van der Waals surface area contributed by atoms with E-state index < -0.39 is 25.9 Å². The van der Waals surface area contributed by atoms with Gasteiger partial charge in [0.2, 0.25) is 0 Å². The zero-order chi connectivity index (χ0) is 26.3. The minimum atomic E-state index is -1.38. The van der Waals surface area contributed by atoms with Crippen LogP contribution in [0.4, 0.5) is 0 Å². The molecule has 36 heavy (non-hydrogen) atoms. The van der Waals surface area contributed by atoms with Crippen molar-refractivity contribution in [3.05, 3.63) is 99.4 Å². The van der Waals surface area contributed by atoms with Crippen LogP contribution >= 0.6 is 11.6 Å². The summed E-state index contributed by atoms with van der Waals surface area (Å²) in [6.07, 6.45) is 3.69. The van der Waals surface area contributed by atoms with Gasteiger partial charge in [-0.2, -0.15) is 0 Å². The predicted molar refractivity (Wildman–Crippen MR) is 148 cm³/mol. The maximum atomic E-state index is 13.4. The van der Waals surface area contributed by atoms with E-state index in [0.717, 1.165) is 17.2 Å². The minimum absolute atomic E-state index is 0.103. The third-order valence-electron chi connectivity index (χ3n) is 5.89. The normalized spacial score (nSPS) is 16.2. The molecule has 0 spiro atoms. The Bertz CT molecular complexity index is 1200. The molecule has 1 aliphatic heterocycles. The first-order valence-corrected chi connectivity index (χ1v) is 16.1. The molecule has 1 aliphatic rings. The van der Waals surface area contributed by atoms with Gasteiger partial charge in [-0.1, -0.05) is 79.8 Å². The molecule has 1 atom stereocenters. The Hall–Kier alpha value is -3.09. The number of carbonyl (C=O) groups excluding carboxylic acids is 2. The minimum Gasteiger partial charge on any atom is -0.463 e. The molecule has 0 aliphatic carbocycles. The van der Waals surface area contributed by atoms with E-state index in [1.54, 1.807) is 18.2 Å². The average molecular weight is 524 g/mol. The number of hydrogen-bond acceptors (Lipinski definition) is 5. The predicted octanol–water partition coefficient (Wildman–Crippen LogP) is 6.71. The Kier molecular flexibility index (Phi) is 9.35. The van der Waals surface area contributed by atoms with Crippen LogP contribution in [0.25, 0.3) is 6.08 Å². The van der Waals surface area contributed by atoms with Gasteiger partial charge in [0.15, 0.2) is 0 Å². The van der Waals surface area contributed by atoms with E-state index in [9.17, 15) is 9.59 Å². The van der Waals surface area contributed by atoms with E-state index in [2.05, 4.69) is 25.0 Å². The smallest absolute Gasteiger partial charge is 0.337 e. The van der Waals surface area contributed by atoms with Gasteiger partial charge < -0.3 is 14.8 Å². The Labute approximate surface area is 219 Å². The molecule has 0 fully saturated rings. The van der Waals surface area contributed by atoms with Crippen molar-refractivity contribution >= 4 is 37.7 Å². The second kappa shape index (κ2) is 12.2. The van der Waals surface area contributed by atoms with Crippen molar-refractivity contribution in [3.63, 3.8) is 0 Å². The van der Waals surface area contributed by atoms with Gasteiger partial charge in [0.25, 0.3) is 0 Å². The molecule has 1 heterocycles. The molecule has 1 unspecified atom stereocenters. The van der Waals surface area contributed by atoms with Gasteiger partial charge in [0, 0.05) is 24.5 Å². The lowest BCUT2D eigenvalue weighted by molar-refractivity contribution is -0.139. The van der Waals surface area contributed by atoms with Crippen molar-refractivity contribution in [3.8, 4) is 0 Å². The van der Waals surface area contributed by atoms with E-state index >= 15 is 0 Å². The van der Waals surface area contributed by atoms with Crippen LogP contribution in [0.2, 0.25) is 30.7 Å². The summed E-state index contributed by atoms with van der Waals surface area (Å²) in [4.78, 5) is 26.7. The third kappa shape index (κ3) is 7.45. The molecule has 190 valence electrons. The van der Waals surface area contributed by atoms with Gasteiger partial charge in [-0.05, 0) is 49.2 Å². The maximum Gasteiger partial charge on any atom is 0.337 e. The molecule has 7 heteroatoms. The summed E-state index contributed by atoms with van der Waals surface area (Å²) in [5.74, 6) is -1.59. The van der Waals surface area contributed by atoms with Crippen LogP contribution in [0.5, 0.6) is 0 Å². The van der Waals surface area contributed by atoms with Crippen LogP contribution < -0.4 is 5.32 Å². The average Bonchev–Trinajstić information content (AvgIpc) is 2.81. The molecule has 3 rings (SSSR count). The number of rotatable bonds is 9. The second-order valence-electron chi connectivity index (χ2n) is 10.0. The first kappa shape index (κ1) is 27.5. The van der Waals surface area contributed by atoms with Crippen LogP contribution in [-0.2, 0) is 19.1 Å².